The summed E-state index contributed by atoms with van der Waals surface area (Å²) in [7, 11) is 0. The summed E-state index contributed by atoms with van der Waals surface area (Å²) in [5.41, 5.74) is 2.45. The van der Waals surface area contributed by atoms with E-state index in [9.17, 15) is 14.3 Å². The standard InChI is InChI=1S/C23H26ClFN2O4/c1-15(28)26-21-5-4-18(25)11-22(21)30-14-19(29)12-27-8-6-23(7-9-27)20-10-17(24)3-2-16(20)13-31-23/h2-5,10-11,19,29H,6-9,12-14H2,1H3,(H,26,28)/t19-/m1/s1. The molecular formula is C23H26ClFN2O4. The van der Waals surface area contributed by atoms with Gasteiger partial charge >= 0.3 is 0 Å². The lowest BCUT2D eigenvalue weighted by molar-refractivity contribution is -0.114. The quantitative estimate of drug-likeness (QED) is 0.705. The highest BCUT2D eigenvalue weighted by Crippen LogP contribution is 2.44. The molecule has 2 aromatic rings. The number of fused-ring (bicyclic) bond motifs is 2. The molecule has 2 aromatic carbocycles. The second-order valence-corrected chi connectivity index (χ2v) is 8.61. The van der Waals surface area contributed by atoms with Crippen LogP contribution >= 0.6 is 11.6 Å². The fourth-order valence-corrected chi connectivity index (χ4v) is 4.52. The number of likely N-dealkylation sites (tertiary alicyclic amines) is 1. The second kappa shape index (κ2) is 9.12. The van der Waals surface area contributed by atoms with Gasteiger partial charge in [-0.15, -0.1) is 0 Å². The summed E-state index contributed by atoms with van der Waals surface area (Å²) < 4.78 is 25.4. The van der Waals surface area contributed by atoms with Crippen molar-refractivity contribution in [2.24, 2.45) is 0 Å². The topological polar surface area (TPSA) is 71.0 Å². The molecule has 1 spiro atoms. The predicted molar refractivity (Wildman–Crippen MR) is 116 cm³/mol. The SMILES string of the molecule is CC(=O)Nc1ccc(F)cc1OC[C@H](O)CN1CCC2(CC1)OCc1ccc(Cl)cc12. The van der Waals surface area contributed by atoms with Crippen molar-refractivity contribution >= 4 is 23.2 Å². The van der Waals surface area contributed by atoms with Crippen molar-refractivity contribution in [2.75, 3.05) is 31.6 Å². The highest BCUT2D eigenvalue weighted by Gasteiger charge is 2.42. The van der Waals surface area contributed by atoms with Crippen molar-refractivity contribution in [3.05, 3.63) is 58.4 Å². The predicted octanol–water partition coefficient (Wildman–Crippen LogP) is 3.70. The first-order chi connectivity index (χ1) is 14.8. The number of anilines is 1. The molecule has 2 heterocycles. The largest absolute Gasteiger partial charge is 0.489 e. The molecular weight excluding hydrogens is 423 g/mol. The molecule has 1 saturated heterocycles. The van der Waals surface area contributed by atoms with Crippen molar-refractivity contribution in [3.8, 4) is 5.75 Å². The molecule has 2 aliphatic rings. The Morgan fingerprint density at radius 3 is 2.84 bits per heavy atom. The van der Waals surface area contributed by atoms with Gasteiger partial charge in [-0.05, 0) is 48.2 Å². The Morgan fingerprint density at radius 2 is 2.10 bits per heavy atom. The van der Waals surface area contributed by atoms with Crippen LogP contribution in [-0.2, 0) is 21.7 Å². The van der Waals surface area contributed by atoms with Crippen LogP contribution in [0.4, 0.5) is 10.1 Å². The summed E-state index contributed by atoms with van der Waals surface area (Å²) in [5.74, 6) is -0.562. The molecule has 1 fully saturated rings. The zero-order chi connectivity index (χ0) is 22.0. The number of halogens is 2. The number of nitrogens with zero attached hydrogens (tertiary/aromatic N) is 1. The number of aliphatic hydroxyl groups is 1. The van der Waals surface area contributed by atoms with E-state index in [0.717, 1.165) is 31.0 Å². The Bertz CT molecular complexity index is 963. The molecule has 1 amide bonds. The van der Waals surface area contributed by atoms with Gasteiger partial charge < -0.3 is 24.8 Å². The van der Waals surface area contributed by atoms with Crippen LogP contribution in [0.2, 0.25) is 5.02 Å². The number of carbonyl (C=O) groups excluding carboxylic acids is 1. The van der Waals surface area contributed by atoms with Crippen molar-refractivity contribution in [1.29, 1.82) is 0 Å². The first-order valence-electron chi connectivity index (χ1n) is 10.4. The maximum atomic E-state index is 13.6. The Labute approximate surface area is 185 Å². The van der Waals surface area contributed by atoms with Gasteiger partial charge in [0.15, 0.2) is 0 Å². The van der Waals surface area contributed by atoms with Gasteiger partial charge in [0.1, 0.15) is 24.3 Å². The lowest BCUT2D eigenvalue weighted by Crippen LogP contribution is -2.46. The Balaban J connectivity index is 1.31. The average Bonchev–Trinajstić information content (AvgIpc) is 3.07. The summed E-state index contributed by atoms with van der Waals surface area (Å²) >= 11 is 6.20. The molecule has 0 aromatic heterocycles. The molecule has 166 valence electrons. The number of hydrogen-bond acceptors (Lipinski definition) is 5. The maximum Gasteiger partial charge on any atom is 0.221 e. The third-order valence-corrected chi connectivity index (χ3v) is 6.12. The number of benzene rings is 2. The van der Waals surface area contributed by atoms with E-state index >= 15 is 0 Å². The van der Waals surface area contributed by atoms with E-state index in [0.29, 0.717) is 18.8 Å². The van der Waals surface area contributed by atoms with E-state index in [-0.39, 0.29) is 23.9 Å². The number of carbonyl (C=O) groups is 1. The van der Waals surface area contributed by atoms with Gasteiger partial charge in [-0.3, -0.25) is 4.79 Å². The number of piperidine rings is 1. The Kier molecular flexibility index (Phi) is 6.48. The molecule has 0 saturated carbocycles. The summed E-state index contributed by atoms with van der Waals surface area (Å²) in [6, 6.07) is 9.81. The van der Waals surface area contributed by atoms with Gasteiger partial charge in [-0.1, -0.05) is 17.7 Å². The monoisotopic (exact) mass is 448 g/mol. The zero-order valence-electron chi connectivity index (χ0n) is 17.4. The molecule has 0 radical (unpaired) electrons. The van der Waals surface area contributed by atoms with E-state index in [1.54, 1.807) is 0 Å². The smallest absolute Gasteiger partial charge is 0.221 e. The normalized spacial score (nSPS) is 18.6. The van der Waals surface area contributed by atoms with Crippen LogP contribution in [-0.4, -0.2) is 48.3 Å². The lowest BCUT2D eigenvalue weighted by atomic mass is 9.84. The van der Waals surface area contributed by atoms with E-state index in [4.69, 9.17) is 21.1 Å². The minimum absolute atomic E-state index is 0.00732. The fourth-order valence-electron chi connectivity index (χ4n) is 4.35. The number of aliphatic hydroxyl groups excluding tert-OH is 1. The van der Waals surface area contributed by atoms with E-state index in [1.165, 1.54) is 36.2 Å². The molecule has 1 atom stereocenters. The fraction of sp³-hybridized carbons (Fsp3) is 0.435. The van der Waals surface area contributed by atoms with Crippen molar-refractivity contribution < 1.29 is 23.8 Å². The van der Waals surface area contributed by atoms with Crippen LogP contribution in [0.15, 0.2) is 36.4 Å². The molecule has 4 rings (SSSR count). The Hall–Kier alpha value is -2.19. The first-order valence-corrected chi connectivity index (χ1v) is 10.8. The van der Waals surface area contributed by atoms with Crippen LogP contribution in [0.25, 0.3) is 0 Å². The third-order valence-electron chi connectivity index (χ3n) is 5.89. The van der Waals surface area contributed by atoms with Gasteiger partial charge in [0.25, 0.3) is 0 Å². The summed E-state index contributed by atoms with van der Waals surface area (Å²) in [6.07, 6.45) is 0.892. The maximum absolute atomic E-state index is 13.6. The molecule has 6 nitrogen and oxygen atoms in total. The molecule has 8 heteroatoms. The van der Waals surface area contributed by atoms with Gasteiger partial charge in [-0.2, -0.15) is 0 Å². The van der Waals surface area contributed by atoms with Gasteiger partial charge in [0.2, 0.25) is 5.91 Å². The first kappa shape index (κ1) is 22.0. The number of β-amino-alcohol motifs (C(OH)–C–C–N with tert-alkyl or cyclic N) is 1. The summed E-state index contributed by atoms with van der Waals surface area (Å²) in [4.78, 5) is 13.5. The molecule has 0 aliphatic carbocycles. The van der Waals surface area contributed by atoms with Crippen LogP contribution < -0.4 is 10.1 Å². The van der Waals surface area contributed by atoms with E-state index in [2.05, 4.69) is 10.2 Å². The molecule has 0 unspecified atom stereocenters. The van der Waals surface area contributed by atoms with Crippen molar-refractivity contribution in [3.63, 3.8) is 0 Å². The van der Waals surface area contributed by atoms with Crippen LogP contribution in [0, 0.1) is 5.82 Å². The number of nitrogens with one attached hydrogen (secondary N) is 1. The lowest BCUT2D eigenvalue weighted by Gasteiger charge is -2.39. The number of rotatable bonds is 6. The third kappa shape index (κ3) is 5.01. The number of amides is 1. The zero-order valence-corrected chi connectivity index (χ0v) is 18.1. The van der Waals surface area contributed by atoms with Gasteiger partial charge in [-0.25, -0.2) is 4.39 Å². The van der Waals surface area contributed by atoms with Gasteiger partial charge in [0, 0.05) is 37.6 Å². The average molecular weight is 449 g/mol. The Morgan fingerprint density at radius 1 is 1.32 bits per heavy atom. The van der Waals surface area contributed by atoms with E-state index in [1.807, 2.05) is 18.2 Å². The summed E-state index contributed by atoms with van der Waals surface area (Å²) in [5, 5.41) is 13.8. The number of hydrogen-bond donors (Lipinski definition) is 2. The highest BCUT2D eigenvalue weighted by atomic mass is 35.5. The van der Waals surface area contributed by atoms with E-state index < -0.39 is 11.9 Å². The van der Waals surface area contributed by atoms with Crippen LogP contribution in [0.5, 0.6) is 5.75 Å². The minimum Gasteiger partial charge on any atom is -0.489 e. The highest BCUT2D eigenvalue weighted by molar-refractivity contribution is 6.30. The molecule has 2 N–H and O–H groups in total. The second-order valence-electron chi connectivity index (χ2n) is 8.17. The molecule has 31 heavy (non-hydrogen) atoms. The molecule has 2 aliphatic heterocycles. The van der Waals surface area contributed by atoms with Gasteiger partial charge in [0.05, 0.1) is 17.9 Å². The van der Waals surface area contributed by atoms with Crippen molar-refractivity contribution in [2.45, 2.75) is 38.1 Å². The van der Waals surface area contributed by atoms with Crippen LogP contribution in [0.1, 0.15) is 30.9 Å². The van der Waals surface area contributed by atoms with Crippen LogP contribution in [0.3, 0.4) is 0 Å². The summed E-state index contributed by atoms with van der Waals surface area (Å²) in [6.45, 7) is 3.95. The van der Waals surface area contributed by atoms with Crippen molar-refractivity contribution in [1.82, 2.24) is 4.90 Å². The number of ether oxygens (including phenoxy) is 2. The minimum atomic E-state index is -0.756. The molecule has 0 bridgehead atoms.